The van der Waals surface area contributed by atoms with Crippen molar-refractivity contribution in [1.29, 1.82) is 0 Å². The predicted molar refractivity (Wildman–Crippen MR) is 97.9 cm³/mol. The standard InChI is InChI=1S/C20H18ClNO2/c1-16-8-2-5-11-19(16)24-15-7-6-14-22-20(23)13-12-17-9-3-4-10-18(17)21/h2-5,8-13H,14-15H2,1H3,(H,22,23)/b13-12+. The number of para-hydroxylation sites is 1. The van der Waals surface area contributed by atoms with Gasteiger partial charge in [-0.3, -0.25) is 4.79 Å². The molecule has 0 aliphatic rings. The highest BCUT2D eigenvalue weighted by molar-refractivity contribution is 6.32. The van der Waals surface area contributed by atoms with Crippen LogP contribution in [0.4, 0.5) is 0 Å². The average molecular weight is 340 g/mol. The van der Waals surface area contributed by atoms with Crippen LogP contribution in [0.5, 0.6) is 5.75 Å². The fourth-order valence-electron chi connectivity index (χ4n) is 1.91. The fraction of sp³-hybridized carbons (Fsp3) is 0.150. The summed E-state index contributed by atoms with van der Waals surface area (Å²) in [6.45, 7) is 2.54. The van der Waals surface area contributed by atoms with Crippen molar-refractivity contribution in [3.05, 3.63) is 70.8 Å². The molecular weight excluding hydrogens is 322 g/mol. The Kier molecular flexibility index (Phi) is 6.94. The number of benzene rings is 2. The van der Waals surface area contributed by atoms with E-state index in [0.717, 1.165) is 16.9 Å². The van der Waals surface area contributed by atoms with Crippen LogP contribution in [0.25, 0.3) is 6.08 Å². The van der Waals surface area contributed by atoms with E-state index >= 15 is 0 Å². The number of halogens is 1. The predicted octanol–water partition coefficient (Wildman–Crippen LogP) is 3.86. The van der Waals surface area contributed by atoms with Crippen LogP contribution < -0.4 is 10.1 Å². The molecule has 122 valence electrons. The normalized spacial score (nSPS) is 10.1. The van der Waals surface area contributed by atoms with Gasteiger partial charge in [-0.2, -0.15) is 0 Å². The Balaban J connectivity index is 1.72. The quantitative estimate of drug-likeness (QED) is 0.663. The molecule has 0 aliphatic heterocycles. The van der Waals surface area contributed by atoms with Gasteiger partial charge in [0.1, 0.15) is 12.4 Å². The highest BCUT2D eigenvalue weighted by atomic mass is 35.5. The second kappa shape index (κ2) is 9.44. The Morgan fingerprint density at radius 2 is 1.92 bits per heavy atom. The summed E-state index contributed by atoms with van der Waals surface area (Å²) < 4.78 is 5.55. The average Bonchev–Trinajstić information content (AvgIpc) is 2.58. The van der Waals surface area contributed by atoms with Crippen molar-refractivity contribution in [3.63, 3.8) is 0 Å². The van der Waals surface area contributed by atoms with E-state index in [9.17, 15) is 4.79 Å². The molecule has 0 unspecified atom stereocenters. The van der Waals surface area contributed by atoms with Gasteiger partial charge in [0.15, 0.2) is 0 Å². The van der Waals surface area contributed by atoms with Crippen LogP contribution >= 0.6 is 11.6 Å². The van der Waals surface area contributed by atoms with Crippen LogP contribution in [-0.4, -0.2) is 19.1 Å². The number of aryl methyl sites for hydroxylation is 1. The van der Waals surface area contributed by atoms with Crippen molar-refractivity contribution in [1.82, 2.24) is 5.32 Å². The largest absolute Gasteiger partial charge is 0.481 e. The fourth-order valence-corrected chi connectivity index (χ4v) is 2.11. The molecule has 0 radical (unpaired) electrons. The number of carbonyl (C=O) groups is 1. The van der Waals surface area contributed by atoms with Gasteiger partial charge in [-0.15, -0.1) is 0 Å². The summed E-state index contributed by atoms with van der Waals surface area (Å²) in [5.74, 6) is 6.32. The van der Waals surface area contributed by atoms with E-state index in [2.05, 4.69) is 17.2 Å². The van der Waals surface area contributed by atoms with Gasteiger partial charge in [0.05, 0.1) is 6.54 Å². The van der Waals surface area contributed by atoms with Gasteiger partial charge in [0.25, 0.3) is 0 Å². The van der Waals surface area contributed by atoms with Crippen molar-refractivity contribution in [3.8, 4) is 17.6 Å². The third-order valence-electron chi connectivity index (χ3n) is 3.19. The van der Waals surface area contributed by atoms with E-state index in [1.165, 1.54) is 6.08 Å². The first-order valence-corrected chi connectivity index (χ1v) is 7.89. The maximum Gasteiger partial charge on any atom is 0.244 e. The number of amides is 1. The Hall–Kier alpha value is -2.70. The molecule has 0 aromatic heterocycles. The highest BCUT2D eigenvalue weighted by Gasteiger charge is 1.97. The Bertz CT molecular complexity index is 787. The summed E-state index contributed by atoms with van der Waals surface area (Å²) in [5.41, 5.74) is 1.87. The topological polar surface area (TPSA) is 38.3 Å². The van der Waals surface area contributed by atoms with Crippen molar-refractivity contribution in [2.24, 2.45) is 0 Å². The zero-order valence-electron chi connectivity index (χ0n) is 13.4. The van der Waals surface area contributed by atoms with Crippen LogP contribution in [-0.2, 0) is 4.79 Å². The summed E-state index contributed by atoms with van der Waals surface area (Å²) in [6.07, 6.45) is 3.11. The van der Waals surface area contributed by atoms with Crippen molar-refractivity contribution < 1.29 is 9.53 Å². The van der Waals surface area contributed by atoms with Crippen molar-refractivity contribution in [2.75, 3.05) is 13.2 Å². The monoisotopic (exact) mass is 339 g/mol. The molecule has 1 amide bonds. The summed E-state index contributed by atoms with van der Waals surface area (Å²) in [7, 11) is 0. The molecule has 0 spiro atoms. The molecule has 0 saturated carbocycles. The molecule has 0 saturated heterocycles. The number of hydrogen-bond acceptors (Lipinski definition) is 2. The van der Waals surface area contributed by atoms with E-state index in [4.69, 9.17) is 16.3 Å². The SMILES string of the molecule is Cc1ccccc1OCC#CCNC(=O)/C=C/c1ccccc1Cl. The maximum atomic E-state index is 11.7. The molecule has 0 fully saturated rings. The lowest BCUT2D eigenvalue weighted by Crippen LogP contribution is -2.21. The molecule has 0 heterocycles. The van der Waals surface area contributed by atoms with Crippen LogP contribution in [0.1, 0.15) is 11.1 Å². The molecule has 24 heavy (non-hydrogen) atoms. The van der Waals surface area contributed by atoms with Gasteiger partial charge < -0.3 is 10.1 Å². The lowest BCUT2D eigenvalue weighted by atomic mass is 10.2. The van der Waals surface area contributed by atoms with Gasteiger partial charge in [-0.25, -0.2) is 0 Å². The van der Waals surface area contributed by atoms with Gasteiger partial charge >= 0.3 is 0 Å². The van der Waals surface area contributed by atoms with E-state index in [0.29, 0.717) is 5.02 Å². The summed E-state index contributed by atoms with van der Waals surface area (Å²) >= 11 is 6.01. The van der Waals surface area contributed by atoms with Crippen LogP contribution in [0.2, 0.25) is 5.02 Å². The molecular formula is C20H18ClNO2. The zero-order valence-corrected chi connectivity index (χ0v) is 14.1. The first kappa shape index (κ1) is 17.7. The van der Waals surface area contributed by atoms with Crippen LogP contribution in [0.15, 0.2) is 54.6 Å². The number of hydrogen-bond donors (Lipinski definition) is 1. The van der Waals surface area contributed by atoms with E-state index in [1.54, 1.807) is 12.1 Å². The Labute approximate surface area is 147 Å². The lowest BCUT2D eigenvalue weighted by Gasteiger charge is -2.04. The van der Waals surface area contributed by atoms with Crippen molar-refractivity contribution >= 4 is 23.6 Å². The maximum absolute atomic E-state index is 11.7. The van der Waals surface area contributed by atoms with Gasteiger partial charge in [-0.05, 0) is 36.3 Å². The van der Waals surface area contributed by atoms with E-state index in [-0.39, 0.29) is 19.1 Å². The number of rotatable bonds is 5. The molecule has 1 N–H and O–H groups in total. The van der Waals surface area contributed by atoms with Gasteiger partial charge in [0, 0.05) is 11.1 Å². The minimum atomic E-state index is -0.218. The zero-order chi connectivity index (χ0) is 17.2. The molecule has 0 bridgehead atoms. The van der Waals surface area contributed by atoms with Gasteiger partial charge in [-0.1, -0.05) is 59.8 Å². The first-order valence-electron chi connectivity index (χ1n) is 7.51. The van der Waals surface area contributed by atoms with Gasteiger partial charge in [0.2, 0.25) is 5.91 Å². The van der Waals surface area contributed by atoms with Crippen molar-refractivity contribution in [2.45, 2.75) is 6.92 Å². The Morgan fingerprint density at radius 1 is 1.17 bits per heavy atom. The van der Waals surface area contributed by atoms with E-state index in [1.807, 2.05) is 49.4 Å². The summed E-state index contributed by atoms with van der Waals surface area (Å²) in [4.78, 5) is 11.7. The van der Waals surface area contributed by atoms with Crippen LogP contribution in [0.3, 0.4) is 0 Å². The molecule has 0 atom stereocenters. The second-order valence-corrected chi connectivity index (χ2v) is 5.39. The molecule has 2 aromatic carbocycles. The number of ether oxygens (including phenoxy) is 1. The second-order valence-electron chi connectivity index (χ2n) is 4.98. The molecule has 0 aliphatic carbocycles. The molecule has 2 rings (SSSR count). The molecule has 3 nitrogen and oxygen atoms in total. The number of nitrogens with one attached hydrogen (secondary N) is 1. The number of carbonyl (C=O) groups excluding carboxylic acids is 1. The highest BCUT2D eigenvalue weighted by Crippen LogP contribution is 2.16. The first-order chi connectivity index (χ1) is 11.7. The third kappa shape index (κ3) is 5.83. The minimum Gasteiger partial charge on any atom is -0.481 e. The van der Waals surface area contributed by atoms with E-state index < -0.39 is 0 Å². The molecule has 4 heteroatoms. The molecule has 2 aromatic rings. The summed E-state index contributed by atoms with van der Waals surface area (Å²) in [6, 6.07) is 15.1. The minimum absolute atomic E-state index is 0.218. The third-order valence-corrected chi connectivity index (χ3v) is 3.53. The smallest absolute Gasteiger partial charge is 0.244 e. The van der Waals surface area contributed by atoms with Crippen LogP contribution in [0, 0.1) is 18.8 Å². The summed E-state index contributed by atoms with van der Waals surface area (Å²) in [5, 5.41) is 3.29. The lowest BCUT2D eigenvalue weighted by molar-refractivity contribution is -0.116. The Morgan fingerprint density at radius 3 is 2.71 bits per heavy atom.